The van der Waals surface area contributed by atoms with Gasteiger partial charge in [0.05, 0.1) is 36.8 Å². The van der Waals surface area contributed by atoms with Crippen LogP contribution in [0.2, 0.25) is 0 Å². The lowest BCUT2D eigenvalue weighted by atomic mass is 9.82. The van der Waals surface area contributed by atoms with Gasteiger partial charge < -0.3 is 14.5 Å². The number of nitrogens with zero attached hydrogens (tertiary/aromatic N) is 6. The predicted octanol–water partition coefficient (Wildman–Crippen LogP) is 2.33. The average molecular weight is 404 g/mol. The van der Waals surface area contributed by atoms with Gasteiger partial charge in [-0.2, -0.15) is 15.0 Å². The number of amides is 1. The lowest BCUT2D eigenvalue weighted by Crippen LogP contribution is -2.65. The van der Waals surface area contributed by atoms with Gasteiger partial charge in [-0.15, -0.1) is 0 Å². The van der Waals surface area contributed by atoms with Gasteiger partial charge in [0.1, 0.15) is 11.6 Å². The van der Waals surface area contributed by atoms with Crippen LogP contribution in [-0.4, -0.2) is 63.6 Å². The highest BCUT2D eigenvalue weighted by atomic mass is 16.5. The SMILES string of the molecule is COc1ccc(-n2nccn2)c(C(=O)N2CCC3CN(c4cc(C)ccn4)C3C2)c1. The summed E-state index contributed by atoms with van der Waals surface area (Å²) in [5.41, 5.74) is 2.39. The van der Waals surface area contributed by atoms with Gasteiger partial charge in [0.2, 0.25) is 0 Å². The molecule has 2 fully saturated rings. The van der Waals surface area contributed by atoms with E-state index in [2.05, 4.69) is 33.1 Å². The van der Waals surface area contributed by atoms with Crippen molar-refractivity contribution in [1.82, 2.24) is 24.9 Å². The maximum Gasteiger partial charge on any atom is 0.256 e. The Morgan fingerprint density at radius 2 is 1.93 bits per heavy atom. The van der Waals surface area contributed by atoms with E-state index in [1.807, 2.05) is 29.3 Å². The summed E-state index contributed by atoms with van der Waals surface area (Å²) in [6.07, 6.45) is 6.05. The number of hydrogen-bond donors (Lipinski definition) is 0. The number of carbonyl (C=O) groups is 1. The van der Waals surface area contributed by atoms with E-state index < -0.39 is 0 Å². The Hall–Kier alpha value is -3.42. The molecule has 30 heavy (non-hydrogen) atoms. The van der Waals surface area contributed by atoms with Crippen molar-refractivity contribution in [3.05, 3.63) is 60.0 Å². The van der Waals surface area contributed by atoms with Gasteiger partial charge in [-0.05, 0) is 49.2 Å². The van der Waals surface area contributed by atoms with Crippen molar-refractivity contribution in [2.24, 2.45) is 5.92 Å². The van der Waals surface area contributed by atoms with Crippen molar-refractivity contribution in [3.63, 3.8) is 0 Å². The molecule has 3 aromatic rings. The van der Waals surface area contributed by atoms with Gasteiger partial charge in [-0.25, -0.2) is 4.98 Å². The number of methoxy groups -OCH3 is 1. The number of fused-ring (bicyclic) bond motifs is 1. The fourth-order valence-electron chi connectivity index (χ4n) is 4.42. The Balaban J connectivity index is 1.41. The molecule has 8 heteroatoms. The highest BCUT2D eigenvalue weighted by molar-refractivity contribution is 5.98. The van der Waals surface area contributed by atoms with E-state index in [1.165, 1.54) is 10.4 Å². The van der Waals surface area contributed by atoms with Gasteiger partial charge >= 0.3 is 0 Å². The number of piperidine rings is 1. The summed E-state index contributed by atoms with van der Waals surface area (Å²) in [6, 6.07) is 9.83. The van der Waals surface area contributed by atoms with E-state index in [0.29, 0.717) is 35.5 Å². The third-order valence-electron chi connectivity index (χ3n) is 6.10. The van der Waals surface area contributed by atoms with Crippen LogP contribution in [0.1, 0.15) is 22.3 Å². The van der Waals surface area contributed by atoms with Crippen LogP contribution in [0.4, 0.5) is 5.82 Å². The molecule has 0 bridgehead atoms. The van der Waals surface area contributed by atoms with E-state index in [4.69, 9.17) is 4.74 Å². The van der Waals surface area contributed by atoms with Crippen molar-refractivity contribution in [3.8, 4) is 11.4 Å². The first-order valence-electron chi connectivity index (χ1n) is 10.2. The van der Waals surface area contributed by atoms with Crippen LogP contribution in [0.5, 0.6) is 5.75 Å². The van der Waals surface area contributed by atoms with Crippen molar-refractivity contribution in [1.29, 1.82) is 0 Å². The molecular weight excluding hydrogens is 380 g/mol. The summed E-state index contributed by atoms with van der Waals surface area (Å²) >= 11 is 0. The molecular formula is C22H24N6O2. The van der Waals surface area contributed by atoms with E-state index in [-0.39, 0.29) is 5.91 Å². The molecule has 0 spiro atoms. The molecule has 2 aromatic heterocycles. The minimum atomic E-state index is -0.0244. The number of aryl methyl sites for hydroxylation is 1. The molecule has 0 N–H and O–H groups in total. The van der Waals surface area contributed by atoms with E-state index in [1.54, 1.807) is 25.6 Å². The molecule has 1 aromatic carbocycles. The maximum absolute atomic E-state index is 13.5. The van der Waals surface area contributed by atoms with Crippen LogP contribution in [0, 0.1) is 12.8 Å². The largest absolute Gasteiger partial charge is 0.497 e. The quantitative estimate of drug-likeness (QED) is 0.664. The molecule has 0 radical (unpaired) electrons. The minimum absolute atomic E-state index is 0.0244. The second-order valence-electron chi connectivity index (χ2n) is 7.91. The second kappa shape index (κ2) is 7.44. The van der Waals surface area contributed by atoms with Gasteiger partial charge in [0.25, 0.3) is 5.91 Å². The summed E-state index contributed by atoms with van der Waals surface area (Å²) in [5.74, 6) is 2.21. The summed E-state index contributed by atoms with van der Waals surface area (Å²) in [5, 5.41) is 8.41. The zero-order valence-corrected chi connectivity index (χ0v) is 17.1. The lowest BCUT2D eigenvalue weighted by molar-refractivity contribution is 0.0590. The van der Waals surface area contributed by atoms with Crippen LogP contribution >= 0.6 is 0 Å². The van der Waals surface area contributed by atoms with Crippen LogP contribution in [0.3, 0.4) is 0 Å². The summed E-state index contributed by atoms with van der Waals surface area (Å²) in [7, 11) is 1.60. The smallest absolute Gasteiger partial charge is 0.256 e. The van der Waals surface area contributed by atoms with E-state index in [9.17, 15) is 4.79 Å². The normalized spacial score (nSPS) is 20.5. The molecule has 8 nitrogen and oxygen atoms in total. The molecule has 4 heterocycles. The third-order valence-corrected chi connectivity index (χ3v) is 6.10. The molecule has 154 valence electrons. The molecule has 2 unspecified atom stereocenters. The topological polar surface area (TPSA) is 76.4 Å². The average Bonchev–Trinajstić information content (AvgIpc) is 3.28. The molecule has 2 aliphatic heterocycles. The zero-order valence-electron chi connectivity index (χ0n) is 17.1. The molecule has 0 aliphatic carbocycles. The Morgan fingerprint density at radius 1 is 1.10 bits per heavy atom. The first kappa shape index (κ1) is 18.6. The number of aromatic nitrogens is 4. The number of carbonyl (C=O) groups excluding carboxylic acids is 1. The Morgan fingerprint density at radius 3 is 2.70 bits per heavy atom. The molecule has 0 saturated carbocycles. The summed E-state index contributed by atoms with van der Waals surface area (Å²) in [4.78, 5) is 23.8. The number of likely N-dealkylation sites (tertiary alicyclic amines) is 1. The van der Waals surface area contributed by atoms with Gasteiger partial charge in [0.15, 0.2) is 0 Å². The molecule has 5 rings (SSSR count). The van der Waals surface area contributed by atoms with Crippen LogP contribution in [0.15, 0.2) is 48.9 Å². The Bertz CT molecular complexity index is 1070. The number of anilines is 1. The Labute approximate surface area is 175 Å². The maximum atomic E-state index is 13.5. The fraction of sp³-hybridized carbons (Fsp3) is 0.364. The summed E-state index contributed by atoms with van der Waals surface area (Å²) in [6.45, 7) is 4.51. The molecule has 2 aliphatic rings. The van der Waals surface area contributed by atoms with Crippen LogP contribution in [-0.2, 0) is 0 Å². The zero-order chi connectivity index (χ0) is 20.7. The van der Waals surface area contributed by atoms with Crippen molar-refractivity contribution in [2.45, 2.75) is 19.4 Å². The number of pyridine rings is 1. The van der Waals surface area contributed by atoms with E-state index in [0.717, 1.165) is 25.3 Å². The van der Waals surface area contributed by atoms with Gasteiger partial charge in [0, 0.05) is 31.7 Å². The standard InChI is InChI=1S/C22H24N6O2/c1-15-5-7-23-21(11-15)27-13-16-6-10-26(14-20(16)27)22(29)18-12-17(30-2)3-4-19(18)28-24-8-9-25-28/h3-5,7-9,11-12,16,20H,6,10,13-14H2,1-2H3. The fourth-order valence-corrected chi connectivity index (χ4v) is 4.42. The summed E-state index contributed by atoms with van der Waals surface area (Å²) < 4.78 is 5.36. The minimum Gasteiger partial charge on any atom is -0.497 e. The van der Waals surface area contributed by atoms with Crippen LogP contribution in [0.25, 0.3) is 5.69 Å². The molecule has 2 saturated heterocycles. The second-order valence-corrected chi connectivity index (χ2v) is 7.91. The number of rotatable bonds is 4. The first-order chi connectivity index (χ1) is 14.6. The molecule has 1 amide bonds. The predicted molar refractivity (Wildman–Crippen MR) is 112 cm³/mol. The van der Waals surface area contributed by atoms with Crippen molar-refractivity contribution in [2.75, 3.05) is 31.6 Å². The third kappa shape index (κ3) is 3.18. The number of ether oxygens (including phenoxy) is 1. The Kier molecular flexibility index (Phi) is 4.61. The number of benzene rings is 1. The van der Waals surface area contributed by atoms with Crippen molar-refractivity contribution >= 4 is 11.7 Å². The monoisotopic (exact) mass is 404 g/mol. The number of hydrogen-bond acceptors (Lipinski definition) is 6. The van der Waals surface area contributed by atoms with E-state index >= 15 is 0 Å². The van der Waals surface area contributed by atoms with Crippen LogP contribution < -0.4 is 9.64 Å². The first-order valence-corrected chi connectivity index (χ1v) is 10.2. The van der Waals surface area contributed by atoms with Gasteiger partial charge in [-0.1, -0.05) is 0 Å². The van der Waals surface area contributed by atoms with Crippen molar-refractivity contribution < 1.29 is 9.53 Å². The lowest BCUT2D eigenvalue weighted by Gasteiger charge is -2.54. The highest BCUT2D eigenvalue weighted by Crippen LogP contribution is 2.36. The van der Waals surface area contributed by atoms with Gasteiger partial charge in [-0.3, -0.25) is 4.79 Å². The molecule has 2 atom stereocenters. The highest BCUT2D eigenvalue weighted by Gasteiger charge is 2.44.